The fourth-order valence-electron chi connectivity index (χ4n) is 3.65. The summed E-state index contributed by atoms with van der Waals surface area (Å²) < 4.78 is 0. The Kier molecular flexibility index (Phi) is 7.37. The standard InChI is InChI=1S/C20H24N4.C4H4O4/c1-3-17(21)12(2)14-6-8-18(22-10-14)15-7-9-19-16(11-23-24-19)20(15)13-4-5-13;5-3(6)1-2-4(7)8/h6-13,17H,3-5,21H2,1-2H3,(H,23,24);1-2H,(H,5,6)(H,7,8)/b;2-1-. The molecule has 0 spiro atoms. The number of nitrogens with zero attached hydrogens (tertiary/aromatic N) is 2. The van der Waals surface area contributed by atoms with Gasteiger partial charge in [0.1, 0.15) is 0 Å². The highest BCUT2D eigenvalue weighted by molar-refractivity contribution is 5.90. The Balaban J connectivity index is 0.000000312. The first-order valence-electron chi connectivity index (χ1n) is 10.6. The molecule has 0 bridgehead atoms. The number of hydrogen-bond donors (Lipinski definition) is 4. The molecule has 8 heteroatoms. The number of fused-ring (bicyclic) bond motifs is 1. The van der Waals surface area contributed by atoms with Gasteiger partial charge in [-0.1, -0.05) is 26.0 Å². The van der Waals surface area contributed by atoms with Crippen molar-refractivity contribution in [2.24, 2.45) is 5.73 Å². The zero-order chi connectivity index (χ0) is 23.3. The topological polar surface area (TPSA) is 142 Å². The third-order valence-electron chi connectivity index (χ3n) is 5.72. The number of nitrogens with two attached hydrogens (primary N) is 1. The molecule has 2 atom stereocenters. The SMILES string of the molecule is CCC(N)C(C)c1ccc(-c2ccc3[nH]ncc3c2C2CC2)nc1.O=C(O)/C=C\C(=O)O. The molecular weight excluding hydrogens is 408 g/mol. The number of nitrogens with one attached hydrogen (secondary N) is 1. The first-order chi connectivity index (χ1) is 15.3. The summed E-state index contributed by atoms with van der Waals surface area (Å²) in [5.74, 6) is -1.54. The van der Waals surface area contributed by atoms with E-state index in [0.717, 1.165) is 17.6 Å². The Hall–Kier alpha value is -3.52. The van der Waals surface area contributed by atoms with Crippen molar-refractivity contribution in [1.82, 2.24) is 15.2 Å². The Morgan fingerprint density at radius 1 is 1.16 bits per heavy atom. The van der Waals surface area contributed by atoms with Crippen molar-refractivity contribution in [3.63, 3.8) is 0 Å². The van der Waals surface area contributed by atoms with E-state index in [-0.39, 0.29) is 6.04 Å². The molecule has 8 nitrogen and oxygen atoms in total. The van der Waals surface area contributed by atoms with Crippen LogP contribution in [0, 0.1) is 0 Å². The van der Waals surface area contributed by atoms with Gasteiger partial charge in [-0.25, -0.2) is 9.59 Å². The van der Waals surface area contributed by atoms with Crippen molar-refractivity contribution >= 4 is 22.8 Å². The summed E-state index contributed by atoms with van der Waals surface area (Å²) in [6.45, 7) is 4.31. The van der Waals surface area contributed by atoms with E-state index < -0.39 is 11.9 Å². The van der Waals surface area contributed by atoms with Crippen LogP contribution in [0.3, 0.4) is 0 Å². The maximum absolute atomic E-state index is 9.55. The molecule has 168 valence electrons. The lowest BCUT2D eigenvalue weighted by Crippen LogP contribution is -2.25. The second-order valence-corrected chi connectivity index (χ2v) is 7.98. The number of hydrogen-bond acceptors (Lipinski definition) is 5. The molecule has 5 N–H and O–H groups in total. The van der Waals surface area contributed by atoms with Crippen LogP contribution in [0.25, 0.3) is 22.2 Å². The summed E-state index contributed by atoms with van der Waals surface area (Å²) in [7, 11) is 0. The molecular formula is C24H28N4O4. The van der Waals surface area contributed by atoms with E-state index in [0.29, 0.717) is 24.0 Å². The van der Waals surface area contributed by atoms with Gasteiger partial charge in [0, 0.05) is 35.3 Å². The normalized spacial score (nSPS) is 15.2. The Labute approximate surface area is 186 Å². The molecule has 1 aliphatic rings. The van der Waals surface area contributed by atoms with Gasteiger partial charge in [-0.15, -0.1) is 0 Å². The predicted octanol–water partition coefficient (Wildman–Crippen LogP) is 4.05. The number of pyridine rings is 1. The van der Waals surface area contributed by atoms with Crippen LogP contribution < -0.4 is 5.73 Å². The molecule has 1 aliphatic carbocycles. The summed E-state index contributed by atoms with van der Waals surface area (Å²) in [6.07, 6.45) is 8.56. The third-order valence-corrected chi connectivity index (χ3v) is 5.72. The summed E-state index contributed by atoms with van der Waals surface area (Å²) in [5, 5.41) is 24.2. The smallest absolute Gasteiger partial charge is 0.328 e. The van der Waals surface area contributed by atoms with Gasteiger partial charge in [-0.05, 0) is 54.4 Å². The van der Waals surface area contributed by atoms with Gasteiger partial charge in [-0.2, -0.15) is 5.10 Å². The van der Waals surface area contributed by atoms with Crippen molar-refractivity contribution in [1.29, 1.82) is 0 Å². The van der Waals surface area contributed by atoms with Crippen LogP contribution in [0.5, 0.6) is 0 Å². The van der Waals surface area contributed by atoms with Crippen molar-refractivity contribution in [3.05, 3.63) is 59.9 Å². The molecule has 1 saturated carbocycles. The lowest BCUT2D eigenvalue weighted by Gasteiger charge is -2.18. The number of benzene rings is 1. The monoisotopic (exact) mass is 436 g/mol. The van der Waals surface area contributed by atoms with Crippen LogP contribution in [0.4, 0.5) is 0 Å². The van der Waals surface area contributed by atoms with E-state index in [2.05, 4.69) is 48.3 Å². The molecule has 1 fully saturated rings. The molecule has 2 unspecified atom stereocenters. The number of carboxylic acid groups (broad SMARTS) is 2. The van der Waals surface area contributed by atoms with Gasteiger partial charge in [0.2, 0.25) is 0 Å². The molecule has 0 saturated heterocycles. The van der Waals surface area contributed by atoms with Gasteiger partial charge in [0.25, 0.3) is 0 Å². The van der Waals surface area contributed by atoms with Gasteiger partial charge >= 0.3 is 11.9 Å². The highest BCUT2D eigenvalue weighted by Gasteiger charge is 2.29. The van der Waals surface area contributed by atoms with E-state index in [4.69, 9.17) is 20.9 Å². The van der Waals surface area contributed by atoms with E-state index >= 15 is 0 Å². The predicted molar refractivity (Wildman–Crippen MR) is 122 cm³/mol. The van der Waals surface area contributed by atoms with E-state index in [1.54, 1.807) is 0 Å². The number of aromatic amines is 1. The molecule has 2 heterocycles. The number of carboxylic acids is 2. The fourth-order valence-corrected chi connectivity index (χ4v) is 3.65. The van der Waals surface area contributed by atoms with Gasteiger partial charge in [0.05, 0.1) is 17.4 Å². The third kappa shape index (κ3) is 5.59. The molecule has 32 heavy (non-hydrogen) atoms. The minimum Gasteiger partial charge on any atom is -0.478 e. The largest absolute Gasteiger partial charge is 0.478 e. The minimum atomic E-state index is -1.26. The molecule has 0 radical (unpaired) electrons. The Morgan fingerprint density at radius 2 is 1.84 bits per heavy atom. The van der Waals surface area contributed by atoms with Crippen LogP contribution >= 0.6 is 0 Å². The number of aliphatic carboxylic acids is 2. The lowest BCUT2D eigenvalue weighted by atomic mass is 9.92. The van der Waals surface area contributed by atoms with E-state index in [1.165, 1.54) is 34.9 Å². The second kappa shape index (κ2) is 10.2. The summed E-state index contributed by atoms with van der Waals surface area (Å²) in [4.78, 5) is 23.9. The van der Waals surface area contributed by atoms with Crippen LogP contribution in [0.15, 0.2) is 48.8 Å². The van der Waals surface area contributed by atoms with Crippen LogP contribution in [0.1, 0.15) is 56.1 Å². The molecule has 0 aliphatic heterocycles. The second-order valence-electron chi connectivity index (χ2n) is 7.98. The summed E-state index contributed by atoms with van der Waals surface area (Å²) >= 11 is 0. The van der Waals surface area contributed by atoms with Gasteiger partial charge in [-0.3, -0.25) is 10.1 Å². The van der Waals surface area contributed by atoms with Crippen LogP contribution in [-0.2, 0) is 9.59 Å². The maximum Gasteiger partial charge on any atom is 0.328 e. The minimum absolute atomic E-state index is 0.182. The van der Waals surface area contributed by atoms with Crippen molar-refractivity contribution in [3.8, 4) is 11.3 Å². The Bertz CT molecular complexity index is 1100. The van der Waals surface area contributed by atoms with Crippen LogP contribution in [0.2, 0.25) is 0 Å². The van der Waals surface area contributed by atoms with Gasteiger partial charge < -0.3 is 15.9 Å². The first-order valence-corrected chi connectivity index (χ1v) is 10.6. The van der Waals surface area contributed by atoms with Gasteiger partial charge in [0.15, 0.2) is 0 Å². The van der Waals surface area contributed by atoms with Crippen molar-refractivity contribution < 1.29 is 19.8 Å². The number of H-pyrrole nitrogens is 1. The van der Waals surface area contributed by atoms with Crippen LogP contribution in [-0.4, -0.2) is 43.4 Å². The highest BCUT2D eigenvalue weighted by atomic mass is 16.4. The highest BCUT2D eigenvalue weighted by Crippen LogP contribution is 2.47. The summed E-state index contributed by atoms with van der Waals surface area (Å²) in [6, 6.07) is 8.79. The first kappa shape index (κ1) is 23.1. The quantitative estimate of drug-likeness (QED) is 0.409. The number of aromatic nitrogens is 3. The molecule has 1 aromatic carbocycles. The maximum atomic E-state index is 9.55. The zero-order valence-electron chi connectivity index (χ0n) is 18.2. The number of rotatable bonds is 7. The van der Waals surface area contributed by atoms with E-state index in [9.17, 15) is 9.59 Å². The average Bonchev–Trinajstić information content (AvgIpc) is 3.52. The number of carbonyl (C=O) groups is 2. The zero-order valence-corrected chi connectivity index (χ0v) is 18.2. The van der Waals surface area contributed by atoms with E-state index in [1.807, 2.05) is 12.4 Å². The van der Waals surface area contributed by atoms with Crippen molar-refractivity contribution in [2.75, 3.05) is 0 Å². The molecule has 3 aromatic rings. The van der Waals surface area contributed by atoms with Crippen molar-refractivity contribution in [2.45, 2.75) is 51.0 Å². The summed E-state index contributed by atoms with van der Waals surface area (Å²) in [5.41, 5.74) is 12.2. The average molecular weight is 437 g/mol. The lowest BCUT2D eigenvalue weighted by molar-refractivity contribution is -0.134. The molecule has 0 amide bonds. The molecule has 2 aromatic heterocycles. The fraction of sp³-hybridized carbons (Fsp3) is 0.333. The molecule has 4 rings (SSSR count). The Morgan fingerprint density at radius 3 is 2.38 bits per heavy atom.